The first-order valence-electron chi connectivity index (χ1n) is 6.12. The first kappa shape index (κ1) is 12.1. The minimum absolute atomic E-state index is 0.184. The fourth-order valence-corrected chi connectivity index (χ4v) is 2.87. The monoisotopic (exact) mass is 272 g/mol. The Morgan fingerprint density at radius 3 is 2.84 bits per heavy atom. The molecule has 0 atom stereocenters. The third kappa shape index (κ3) is 2.44. The number of esters is 1. The Bertz CT molecular complexity index is 629. The fraction of sp³-hybridized carbons (Fsp3) is 0.200. The predicted molar refractivity (Wildman–Crippen MR) is 72.8 cm³/mol. The minimum atomic E-state index is -0.381. The van der Waals surface area contributed by atoms with E-state index in [1.54, 1.807) is 12.1 Å². The maximum absolute atomic E-state index is 12.2. The van der Waals surface area contributed by atoms with E-state index in [1.165, 1.54) is 11.3 Å². The van der Waals surface area contributed by atoms with Crippen LogP contribution < -0.4 is 4.74 Å². The highest BCUT2D eigenvalue weighted by molar-refractivity contribution is 7.11. The molecule has 0 saturated heterocycles. The summed E-state index contributed by atoms with van der Waals surface area (Å²) in [4.78, 5) is 23.7. The van der Waals surface area contributed by atoms with Crippen LogP contribution in [0.25, 0.3) is 0 Å². The topological polar surface area (TPSA) is 43.4 Å². The molecule has 1 aromatic carbocycles. The van der Waals surface area contributed by atoms with Gasteiger partial charge in [-0.05, 0) is 41.1 Å². The molecule has 2 aromatic rings. The second-order valence-corrected chi connectivity index (χ2v) is 5.39. The summed E-state index contributed by atoms with van der Waals surface area (Å²) in [5, 5.41) is 2.43. The molecule has 1 aliphatic carbocycles. The summed E-state index contributed by atoms with van der Waals surface area (Å²) in [6.07, 6.45) is 1.62. The van der Waals surface area contributed by atoms with Gasteiger partial charge in [-0.2, -0.15) is 0 Å². The van der Waals surface area contributed by atoms with Crippen molar-refractivity contribution in [2.24, 2.45) is 0 Å². The lowest BCUT2D eigenvalue weighted by molar-refractivity contribution is -0.118. The number of hydrogen-bond donors (Lipinski definition) is 0. The second-order valence-electron chi connectivity index (χ2n) is 4.48. The Morgan fingerprint density at radius 2 is 2.05 bits per heavy atom. The van der Waals surface area contributed by atoms with Gasteiger partial charge in [0, 0.05) is 12.8 Å². The number of fused-ring (bicyclic) bond motifs is 1. The Balaban J connectivity index is 1.92. The minimum Gasteiger partial charge on any atom is -0.412 e. The first-order chi connectivity index (χ1) is 9.24. The van der Waals surface area contributed by atoms with Crippen molar-refractivity contribution in [2.75, 3.05) is 0 Å². The van der Waals surface area contributed by atoms with Crippen LogP contribution in [0.1, 0.15) is 27.9 Å². The molecule has 1 aliphatic rings. The van der Waals surface area contributed by atoms with Gasteiger partial charge in [0.05, 0.1) is 5.56 Å². The molecule has 0 aliphatic heterocycles. The molecule has 3 nitrogen and oxygen atoms in total. The summed E-state index contributed by atoms with van der Waals surface area (Å²) in [5.41, 5.74) is 2.43. The van der Waals surface area contributed by atoms with E-state index < -0.39 is 0 Å². The zero-order valence-electron chi connectivity index (χ0n) is 10.2. The average Bonchev–Trinajstić information content (AvgIpc) is 2.90. The number of aryl methyl sites for hydroxylation is 1. The van der Waals surface area contributed by atoms with Crippen molar-refractivity contribution in [3.63, 3.8) is 0 Å². The van der Waals surface area contributed by atoms with E-state index in [4.69, 9.17) is 4.74 Å². The van der Waals surface area contributed by atoms with Crippen LogP contribution in [-0.4, -0.2) is 11.8 Å². The Morgan fingerprint density at radius 1 is 1.16 bits per heavy atom. The lowest BCUT2D eigenvalue weighted by atomic mass is 9.87. The lowest BCUT2D eigenvalue weighted by Gasteiger charge is -2.17. The van der Waals surface area contributed by atoms with Crippen molar-refractivity contribution in [3.05, 3.63) is 52.4 Å². The number of benzene rings is 1. The number of Topliss-reactive ketones (excluding diaryl/α,β-unsaturated/α-hetero) is 1. The van der Waals surface area contributed by atoms with Crippen LogP contribution in [0.4, 0.5) is 0 Å². The second kappa shape index (κ2) is 4.97. The molecule has 0 spiro atoms. The van der Waals surface area contributed by atoms with Crippen molar-refractivity contribution in [1.82, 2.24) is 0 Å². The number of rotatable bonds is 2. The molecular weight excluding hydrogens is 260 g/mol. The molecule has 4 heteroatoms. The van der Waals surface area contributed by atoms with Gasteiger partial charge in [-0.3, -0.25) is 4.79 Å². The van der Waals surface area contributed by atoms with Crippen LogP contribution in [0.2, 0.25) is 0 Å². The molecule has 1 heterocycles. The first-order valence-corrected chi connectivity index (χ1v) is 7.00. The van der Waals surface area contributed by atoms with Gasteiger partial charge in [-0.1, -0.05) is 12.1 Å². The molecule has 96 valence electrons. The normalized spacial score (nSPS) is 14.0. The summed E-state index contributed by atoms with van der Waals surface area (Å²) in [5.74, 6) is -0.196. The number of hydrogen-bond acceptors (Lipinski definition) is 4. The van der Waals surface area contributed by atoms with Crippen LogP contribution in [0, 0.1) is 0 Å². The van der Waals surface area contributed by atoms with Crippen molar-refractivity contribution in [1.29, 1.82) is 0 Å². The van der Waals surface area contributed by atoms with E-state index in [1.807, 2.05) is 23.6 Å². The molecule has 0 amide bonds. The molecule has 0 bridgehead atoms. The van der Waals surface area contributed by atoms with Gasteiger partial charge in [-0.15, -0.1) is 11.3 Å². The molecule has 0 radical (unpaired) electrons. The quantitative estimate of drug-likeness (QED) is 0.789. The van der Waals surface area contributed by atoms with Gasteiger partial charge in [0.25, 0.3) is 0 Å². The maximum Gasteiger partial charge on any atom is 0.344 e. The van der Waals surface area contributed by atoms with Gasteiger partial charge < -0.3 is 4.74 Å². The number of carbonyl (C=O) groups excluding carboxylic acids is 2. The van der Waals surface area contributed by atoms with Crippen LogP contribution in [0.5, 0.6) is 5.06 Å². The highest BCUT2D eigenvalue weighted by Gasteiger charge is 2.22. The molecule has 0 unspecified atom stereocenters. The van der Waals surface area contributed by atoms with E-state index in [-0.39, 0.29) is 11.8 Å². The van der Waals surface area contributed by atoms with E-state index in [2.05, 4.69) is 0 Å². The molecule has 0 fully saturated rings. The highest BCUT2D eigenvalue weighted by Crippen LogP contribution is 2.25. The maximum atomic E-state index is 12.2. The Kier molecular flexibility index (Phi) is 3.17. The summed E-state index contributed by atoms with van der Waals surface area (Å²) in [6.45, 7) is 0. The molecule has 19 heavy (non-hydrogen) atoms. The van der Waals surface area contributed by atoms with Gasteiger partial charge in [0.15, 0.2) is 5.06 Å². The summed E-state index contributed by atoms with van der Waals surface area (Å²) in [7, 11) is 0. The number of ketones is 1. The van der Waals surface area contributed by atoms with Crippen LogP contribution in [-0.2, 0) is 17.6 Å². The van der Waals surface area contributed by atoms with Crippen molar-refractivity contribution >= 4 is 23.1 Å². The van der Waals surface area contributed by atoms with Gasteiger partial charge in [0.2, 0.25) is 0 Å². The Hall–Kier alpha value is -1.94. The highest BCUT2D eigenvalue weighted by atomic mass is 32.1. The summed E-state index contributed by atoms with van der Waals surface area (Å²) < 4.78 is 5.31. The standard InChI is InChI=1S/C15H12O3S/c16-11-7-6-10-3-1-4-12(13(10)9-11)15(17)18-14-5-2-8-19-14/h1-5,8H,6-7,9H2. The summed E-state index contributed by atoms with van der Waals surface area (Å²) >= 11 is 1.37. The third-order valence-electron chi connectivity index (χ3n) is 3.23. The smallest absolute Gasteiger partial charge is 0.344 e. The van der Waals surface area contributed by atoms with Crippen LogP contribution in [0.3, 0.4) is 0 Å². The van der Waals surface area contributed by atoms with Crippen LogP contribution >= 0.6 is 11.3 Å². The largest absolute Gasteiger partial charge is 0.412 e. The van der Waals surface area contributed by atoms with Crippen molar-refractivity contribution < 1.29 is 14.3 Å². The van der Waals surface area contributed by atoms with Crippen molar-refractivity contribution in [3.8, 4) is 5.06 Å². The predicted octanol–water partition coefficient (Wildman–Crippen LogP) is 3.03. The Labute approximate surface area is 114 Å². The van der Waals surface area contributed by atoms with E-state index in [0.717, 1.165) is 11.1 Å². The lowest BCUT2D eigenvalue weighted by Crippen LogP contribution is -2.19. The van der Waals surface area contributed by atoms with Gasteiger partial charge in [-0.25, -0.2) is 4.79 Å². The van der Waals surface area contributed by atoms with Gasteiger partial charge >= 0.3 is 5.97 Å². The van der Waals surface area contributed by atoms with E-state index >= 15 is 0 Å². The SMILES string of the molecule is O=C1CCc2cccc(C(=O)Oc3cccs3)c2C1. The molecular formula is C15H12O3S. The third-order valence-corrected chi connectivity index (χ3v) is 3.97. The fourth-order valence-electron chi connectivity index (χ4n) is 2.30. The number of thiophene rings is 1. The van der Waals surface area contributed by atoms with E-state index in [0.29, 0.717) is 29.9 Å². The van der Waals surface area contributed by atoms with E-state index in [9.17, 15) is 9.59 Å². The average molecular weight is 272 g/mol. The summed E-state index contributed by atoms with van der Waals surface area (Å²) in [6, 6.07) is 9.14. The molecule has 0 saturated carbocycles. The van der Waals surface area contributed by atoms with Crippen molar-refractivity contribution in [2.45, 2.75) is 19.3 Å². The molecule has 0 N–H and O–H groups in total. The zero-order chi connectivity index (χ0) is 13.2. The molecule has 3 rings (SSSR count). The number of ether oxygens (including phenoxy) is 1. The zero-order valence-corrected chi connectivity index (χ0v) is 11.0. The molecule has 1 aromatic heterocycles. The van der Waals surface area contributed by atoms with Crippen LogP contribution in [0.15, 0.2) is 35.7 Å². The van der Waals surface area contributed by atoms with Gasteiger partial charge in [0.1, 0.15) is 5.78 Å². The number of carbonyl (C=O) groups is 2.